The number of pyridine rings is 1. The second-order valence-electron chi connectivity index (χ2n) is 9.52. The number of benzene rings is 2. The third-order valence-electron chi connectivity index (χ3n) is 6.50. The van der Waals surface area contributed by atoms with Crippen LogP contribution in [0.2, 0.25) is 0 Å². The fraction of sp³-hybridized carbons (Fsp3) is 0.286. The molecule has 5 aromatic rings. The number of thiophene rings is 1. The van der Waals surface area contributed by atoms with Crippen molar-refractivity contribution in [3.8, 4) is 0 Å². The molecule has 0 fully saturated rings. The largest absolute Gasteiger partial charge is 0.321 e. The fourth-order valence-electron chi connectivity index (χ4n) is 4.80. The summed E-state index contributed by atoms with van der Waals surface area (Å²) in [5, 5.41) is 16.0. The van der Waals surface area contributed by atoms with Gasteiger partial charge in [-0.05, 0) is 57.3 Å². The van der Waals surface area contributed by atoms with Crippen LogP contribution in [0.25, 0.3) is 10.9 Å². The van der Waals surface area contributed by atoms with Crippen molar-refractivity contribution in [2.45, 2.75) is 46.4 Å². The Morgan fingerprint density at radius 1 is 1.03 bits per heavy atom. The van der Waals surface area contributed by atoms with Gasteiger partial charge in [0.2, 0.25) is 0 Å². The fourth-order valence-corrected chi connectivity index (χ4v) is 5.52. The summed E-state index contributed by atoms with van der Waals surface area (Å²) in [5.74, 6) is 1.02. The Kier molecular flexibility index (Phi) is 7.06. The lowest BCUT2D eigenvalue weighted by atomic mass is 10.00. The number of rotatable bonds is 9. The number of fused-ring (bicyclic) bond motifs is 1. The highest BCUT2D eigenvalue weighted by Crippen LogP contribution is 2.31. The van der Waals surface area contributed by atoms with Crippen LogP contribution in [0.15, 0.2) is 76.9 Å². The summed E-state index contributed by atoms with van der Waals surface area (Å²) in [6.07, 6.45) is 0. The number of H-pyrrole nitrogens is 1. The topological polar surface area (TPSA) is 79.7 Å². The second-order valence-corrected chi connectivity index (χ2v) is 10.5. The molecule has 0 saturated carbocycles. The van der Waals surface area contributed by atoms with Crippen molar-refractivity contribution in [2.24, 2.45) is 5.92 Å². The first-order valence-corrected chi connectivity index (χ1v) is 13.1. The molecular formula is C28H30N6OS. The minimum Gasteiger partial charge on any atom is -0.321 e. The van der Waals surface area contributed by atoms with Crippen LogP contribution >= 0.6 is 11.3 Å². The lowest BCUT2D eigenvalue weighted by Gasteiger charge is -2.33. The Morgan fingerprint density at radius 2 is 1.86 bits per heavy atom. The SMILES string of the molecule is Cc1cccc2cc(CN(Cc3cccs3)[C@H](c3nnnn3Cc3ccccc3)C(C)C)c(=O)[nH]c12. The lowest BCUT2D eigenvalue weighted by molar-refractivity contribution is 0.127. The van der Waals surface area contributed by atoms with Gasteiger partial charge in [-0.2, -0.15) is 0 Å². The van der Waals surface area contributed by atoms with Gasteiger partial charge in [0.1, 0.15) is 0 Å². The molecule has 0 radical (unpaired) electrons. The van der Waals surface area contributed by atoms with E-state index in [1.165, 1.54) is 4.88 Å². The van der Waals surface area contributed by atoms with E-state index in [4.69, 9.17) is 0 Å². The predicted octanol–water partition coefficient (Wildman–Crippen LogP) is 5.33. The number of aromatic nitrogens is 5. The monoisotopic (exact) mass is 498 g/mol. The van der Waals surface area contributed by atoms with Crippen molar-refractivity contribution in [3.05, 3.63) is 110 Å². The van der Waals surface area contributed by atoms with Gasteiger partial charge in [-0.25, -0.2) is 4.68 Å². The molecule has 7 nitrogen and oxygen atoms in total. The number of aryl methyl sites for hydroxylation is 1. The van der Waals surface area contributed by atoms with E-state index >= 15 is 0 Å². The molecule has 3 aromatic heterocycles. The summed E-state index contributed by atoms with van der Waals surface area (Å²) < 4.78 is 1.88. The molecular weight excluding hydrogens is 468 g/mol. The molecule has 0 saturated heterocycles. The van der Waals surface area contributed by atoms with Crippen LogP contribution in [0.1, 0.15) is 47.3 Å². The van der Waals surface area contributed by atoms with Gasteiger partial charge in [0.25, 0.3) is 5.56 Å². The number of tetrazole rings is 1. The molecule has 0 aliphatic carbocycles. The van der Waals surface area contributed by atoms with Gasteiger partial charge >= 0.3 is 0 Å². The normalized spacial score (nSPS) is 12.6. The van der Waals surface area contributed by atoms with Crippen LogP contribution in [0.4, 0.5) is 0 Å². The molecule has 0 bridgehead atoms. The summed E-state index contributed by atoms with van der Waals surface area (Å²) >= 11 is 1.72. The van der Waals surface area contributed by atoms with E-state index in [1.807, 2.05) is 54.1 Å². The van der Waals surface area contributed by atoms with Gasteiger partial charge in [0, 0.05) is 23.5 Å². The zero-order valence-corrected chi connectivity index (χ0v) is 21.6. The number of para-hydroxylation sites is 1. The maximum Gasteiger partial charge on any atom is 0.252 e. The van der Waals surface area contributed by atoms with E-state index in [0.717, 1.165) is 33.4 Å². The number of hydrogen-bond acceptors (Lipinski definition) is 6. The molecule has 0 spiro atoms. The van der Waals surface area contributed by atoms with Gasteiger partial charge in [0.05, 0.1) is 18.1 Å². The molecule has 3 heterocycles. The van der Waals surface area contributed by atoms with Crippen molar-refractivity contribution in [1.82, 2.24) is 30.1 Å². The Morgan fingerprint density at radius 3 is 2.61 bits per heavy atom. The summed E-state index contributed by atoms with van der Waals surface area (Å²) in [6.45, 7) is 8.16. The molecule has 2 aromatic carbocycles. The van der Waals surface area contributed by atoms with Crippen LogP contribution in [0.5, 0.6) is 0 Å². The van der Waals surface area contributed by atoms with E-state index in [-0.39, 0.29) is 17.5 Å². The van der Waals surface area contributed by atoms with E-state index < -0.39 is 0 Å². The van der Waals surface area contributed by atoms with Gasteiger partial charge in [0.15, 0.2) is 5.82 Å². The molecule has 0 amide bonds. The first-order chi connectivity index (χ1) is 17.5. The Bertz CT molecular complexity index is 1490. The minimum absolute atomic E-state index is 0.0561. The summed E-state index contributed by atoms with van der Waals surface area (Å²) in [7, 11) is 0. The van der Waals surface area contributed by atoms with E-state index in [1.54, 1.807) is 11.3 Å². The number of nitrogens with zero attached hydrogens (tertiary/aromatic N) is 5. The maximum absolute atomic E-state index is 13.2. The standard InChI is InChI=1S/C28H30N6OS/c1-19(2)26(27-30-31-32-34(27)16-21-10-5-4-6-11-21)33(18-24-13-8-14-36-24)17-23-15-22-12-7-9-20(3)25(22)29-28(23)35/h4-15,19,26H,16-18H2,1-3H3,(H,29,35)/t26-/m0/s1. The van der Waals surface area contributed by atoms with E-state index in [0.29, 0.717) is 19.6 Å². The average molecular weight is 499 g/mol. The van der Waals surface area contributed by atoms with Crippen molar-refractivity contribution in [1.29, 1.82) is 0 Å². The number of aromatic amines is 1. The van der Waals surface area contributed by atoms with Crippen LogP contribution in [0, 0.1) is 12.8 Å². The third kappa shape index (κ3) is 5.15. The Balaban J connectivity index is 1.54. The van der Waals surface area contributed by atoms with Crippen LogP contribution in [-0.4, -0.2) is 30.1 Å². The Hall–Kier alpha value is -3.62. The van der Waals surface area contributed by atoms with Gasteiger partial charge in [-0.15, -0.1) is 16.4 Å². The zero-order chi connectivity index (χ0) is 25.1. The summed E-state index contributed by atoms with van der Waals surface area (Å²) in [4.78, 5) is 19.9. The molecule has 0 unspecified atom stereocenters. The lowest BCUT2D eigenvalue weighted by Crippen LogP contribution is -2.35. The average Bonchev–Trinajstić information content (AvgIpc) is 3.53. The maximum atomic E-state index is 13.2. The van der Waals surface area contributed by atoms with Gasteiger partial charge in [-0.3, -0.25) is 9.69 Å². The highest BCUT2D eigenvalue weighted by Gasteiger charge is 2.30. The van der Waals surface area contributed by atoms with Crippen molar-refractivity contribution in [3.63, 3.8) is 0 Å². The summed E-state index contributed by atoms with van der Waals surface area (Å²) in [5.41, 5.74) is 3.77. The molecule has 8 heteroatoms. The zero-order valence-electron chi connectivity index (χ0n) is 20.8. The smallest absolute Gasteiger partial charge is 0.252 e. The minimum atomic E-state index is -0.0848. The first kappa shape index (κ1) is 24.1. The van der Waals surface area contributed by atoms with Crippen LogP contribution in [-0.2, 0) is 19.6 Å². The van der Waals surface area contributed by atoms with E-state index in [9.17, 15) is 4.79 Å². The highest BCUT2D eigenvalue weighted by atomic mass is 32.1. The molecule has 1 N–H and O–H groups in total. The molecule has 0 aliphatic heterocycles. The molecule has 1 atom stereocenters. The van der Waals surface area contributed by atoms with Gasteiger partial charge < -0.3 is 4.98 Å². The van der Waals surface area contributed by atoms with Crippen molar-refractivity contribution < 1.29 is 0 Å². The predicted molar refractivity (Wildman–Crippen MR) is 144 cm³/mol. The Labute approximate surface area is 214 Å². The highest BCUT2D eigenvalue weighted by molar-refractivity contribution is 7.09. The molecule has 36 heavy (non-hydrogen) atoms. The molecule has 5 rings (SSSR count). The summed E-state index contributed by atoms with van der Waals surface area (Å²) in [6, 6.07) is 22.4. The van der Waals surface area contributed by atoms with Crippen molar-refractivity contribution >= 4 is 22.2 Å². The van der Waals surface area contributed by atoms with Crippen LogP contribution < -0.4 is 5.56 Å². The first-order valence-electron chi connectivity index (χ1n) is 12.2. The number of hydrogen-bond donors (Lipinski definition) is 1. The van der Waals surface area contributed by atoms with Crippen LogP contribution in [0.3, 0.4) is 0 Å². The quantitative estimate of drug-likeness (QED) is 0.297. The van der Waals surface area contributed by atoms with E-state index in [2.05, 4.69) is 68.9 Å². The molecule has 184 valence electrons. The third-order valence-corrected chi connectivity index (χ3v) is 7.36. The van der Waals surface area contributed by atoms with Gasteiger partial charge in [-0.1, -0.05) is 68.4 Å². The van der Waals surface area contributed by atoms with Crippen molar-refractivity contribution in [2.75, 3.05) is 0 Å². The number of nitrogens with one attached hydrogen (secondary N) is 1. The molecule has 0 aliphatic rings. The second kappa shape index (κ2) is 10.6.